The number of rotatable bonds is 6. The van der Waals surface area contributed by atoms with E-state index in [1.165, 1.54) is 12.1 Å². The van der Waals surface area contributed by atoms with Gasteiger partial charge in [0.15, 0.2) is 0 Å². The molecule has 1 aromatic carbocycles. The van der Waals surface area contributed by atoms with Gasteiger partial charge in [0, 0.05) is 32.1 Å². The molecule has 1 aliphatic rings. The van der Waals surface area contributed by atoms with Crippen molar-refractivity contribution in [2.45, 2.75) is 30.6 Å². The third-order valence-corrected chi connectivity index (χ3v) is 4.77. The zero-order valence-corrected chi connectivity index (χ0v) is 13.9. The van der Waals surface area contributed by atoms with E-state index in [-0.39, 0.29) is 29.5 Å². The molecule has 0 bridgehead atoms. The smallest absolute Gasteiger partial charge is 0.293 e. The van der Waals surface area contributed by atoms with Crippen LogP contribution in [-0.4, -0.2) is 43.8 Å². The van der Waals surface area contributed by atoms with E-state index >= 15 is 0 Å². The number of sulfonamides is 1. The Kier molecular flexibility index (Phi) is 5.73. The molecule has 0 spiro atoms. The van der Waals surface area contributed by atoms with Gasteiger partial charge in [0.25, 0.3) is 5.69 Å². The quantitative estimate of drug-likeness (QED) is 0.578. The second-order valence-corrected chi connectivity index (χ2v) is 7.16. The zero-order chi connectivity index (χ0) is 17.7. The SMILES string of the molecule is NS(=O)(=O)c1ccc(NCCC(=O)N2CCCCC2)c([N+](=O)[O-])c1. The maximum Gasteiger partial charge on any atom is 0.293 e. The average Bonchev–Trinajstić information content (AvgIpc) is 2.54. The molecule has 1 aliphatic heterocycles. The highest BCUT2D eigenvalue weighted by Crippen LogP contribution is 2.27. The molecule has 0 saturated carbocycles. The number of primary sulfonamides is 1. The highest BCUT2D eigenvalue weighted by atomic mass is 32.2. The molecular formula is C14H20N4O5S. The number of carbonyl (C=O) groups excluding carboxylic acids is 1. The number of hydrogen-bond acceptors (Lipinski definition) is 6. The van der Waals surface area contributed by atoms with Crippen LogP contribution in [-0.2, 0) is 14.8 Å². The van der Waals surface area contributed by atoms with E-state index in [0.717, 1.165) is 38.4 Å². The number of nitrogens with zero attached hydrogens (tertiary/aromatic N) is 2. The summed E-state index contributed by atoms with van der Waals surface area (Å²) in [5.41, 5.74) is -0.245. The molecule has 10 heteroatoms. The summed E-state index contributed by atoms with van der Waals surface area (Å²) in [5.74, 6) is 0.00556. The number of nitrogens with two attached hydrogens (primary N) is 1. The van der Waals surface area contributed by atoms with Crippen molar-refractivity contribution in [3.05, 3.63) is 28.3 Å². The van der Waals surface area contributed by atoms with Crippen LogP contribution in [0.3, 0.4) is 0 Å². The second-order valence-electron chi connectivity index (χ2n) is 5.60. The van der Waals surface area contributed by atoms with Crippen LogP contribution < -0.4 is 10.5 Å². The predicted molar refractivity (Wildman–Crippen MR) is 88.0 cm³/mol. The molecule has 0 radical (unpaired) electrons. The molecule has 3 N–H and O–H groups in total. The summed E-state index contributed by atoms with van der Waals surface area (Å²) in [5, 5.41) is 18.9. The van der Waals surface area contributed by atoms with E-state index in [0.29, 0.717) is 0 Å². The van der Waals surface area contributed by atoms with Crippen LogP contribution in [0.2, 0.25) is 0 Å². The van der Waals surface area contributed by atoms with Gasteiger partial charge in [-0.25, -0.2) is 13.6 Å². The molecule has 0 aromatic heterocycles. The number of likely N-dealkylation sites (tertiary alicyclic amines) is 1. The Bertz CT molecular complexity index is 729. The molecule has 1 amide bonds. The van der Waals surface area contributed by atoms with Crippen LogP contribution in [0.25, 0.3) is 0 Å². The van der Waals surface area contributed by atoms with Gasteiger partial charge in [0.05, 0.1) is 9.82 Å². The number of piperidine rings is 1. The van der Waals surface area contributed by atoms with Crippen LogP contribution in [0.1, 0.15) is 25.7 Å². The molecule has 9 nitrogen and oxygen atoms in total. The van der Waals surface area contributed by atoms with E-state index < -0.39 is 20.6 Å². The number of hydrogen-bond donors (Lipinski definition) is 2. The Hall–Kier alpha value is -2.20. The standard InChI is InChI=1S/C14H20N4O5S/c15-24(22,23)11-4-5-12(13(10-11)18(20)21)16-7-6-14(19)17-8-2-1-3-9-17/h4-5,10,16H,1-3,6-9H2,(H2,15,22,23). The summed E-state index contributed by atoms with van der Waals surface area (Å²) < 4.78 is 22.6. The van der Waals surface area contributed by atoms with Crippen molar-refractivity contribution in [3.63, 3.8) is 0 Å². The lowest BCUT2D eigenvalue weighted by Gasteiger charge is -2.26. The lowest BCUT2D eigenvalue weighted by atomic mass is 10.1. The minimum Gasteiger partial charge on any atom is -0.379 e. The van der Waals surface area contributed by atoms with Crippen molar-refractivity contribution in [2.24, 2.45) is 5.14 Å². The minimum absolute atomic E-state index is 0.00556. The van der Waals surface area contributed by atoms with Gasteiger partial charge in [-0.2, -0.15) is 0 Å². The molecule has 1 fully saturated rings. The van der Waals surface area contributed by atoms with Crippen molar-refractivity contribution in [2.75, 3.05) is 25.0 Å². The van der Waals surface area contributed by atoms with Gasteiger partial charge in [-0.3, -0.25) is 14.9 Å². The van der Waals surface area contributed by atoms with Crippen molar-refractivity contribution < 1.29 is 18.1 Å². The molecule has 2 rings (SSSR count). The van der Waals surface area contributed by atoms with Gasteiger partial charge in [-0.1, -0.05) is 0 Å². The monoisotopic (exact) mass is 356 g/mol. The van der Waals surface area contributed by atoms with Gasteiger partial charge in [-0.15, -0.1) is 0 Å². The van der Waals surface area contributed by atoms with Crippen molar-refractivity contribution in [1.82, 2.24) is 4.90 Å². The summed E-state index contributed by atoms with van der Waals surface area (Å²) in [6.07, 6.45) is 3.35. The van der Waals surface area contributed by atoms with E-state index in [1.807, 2.05) is 0 Å². The summed E-state index contributed by atoms with van der Waals surface area (Å²) in [6, 6.07) is 3.38. The summed E-state index contributed by atoms with van der Waals surface area (Å²) in [6.45, 7) is 1.73. The van der Waals surface area contributed by atoms with E-state index in [9.17, 15) is 23.3 Å². The van der Waals surface area contributed by atoms with Crippen LogP contribution in [0.5, 0.6) is 0 Å². The molecule has 132 valence electrons. The topological polar surface area (TPSA) is 136 Å². The molecule has 1 aromatic rings. The highest BCUT2D eigenvalue weighted by Gasteiger charge is 2.20. The molecular weight excluding hydrogens is 336 g/mol. The third-order valence-electron chi connectivity index (χ3n) is 3.86. The number of nitro benzene ring substituents is 1. The Morgan fingerprint density at radius 2 is 1.96 bits per heavy atom. The molecule has 0 atom stereocenters. The van der Waals surface area contributed by atoms with Crippen LogP contribution >= 0.6 is 0 Å². The fraction of sp³-hybridized carbons (Fsp3) is 0.500. The Morgan fingerprint density at radius 1 is 1.29 bits per heavy atom. The van der Waals surface area contributed by atoms with Gasteiger partial charge in [0.1, 0.15) is 5.69 Å². The number of nitrogens with one attached hydrogen (secondary N) is 1. The second kappa shape index (κ2) is 7.58. The number of benzene rings is 1. The Balaban J connectivity index is 2.01. The number of anilines is 1. The van der Waals surface area contributed by atoms with Gasteiger partial charge >= 0.3 is 0 Å². The van der Waals surface area contributed by atoms with Gasteiger partial charge < -0.3 is 10.2 Å². The number of nitro groups is 1. The first-order valence-electron chi connectivity index (χ1n) is 7.62. The summed E-state index contributed by atoms with van der Waals surface area (Å²) >= 11 is 0. The molecule has 24 heavy (non-hydrogen) atoms. The van der Waals surface area contributed by atoms with Crippen molar-refractivity contribution in [3.8, 4) is 0 Å². The van der Waals surface area contributed by atoms with Gasteiger partial charge in [-0.05, 0) is 31.4 Å². The number of amides is 1. The Morgan fingerprint density at radius 3 is 2.54 bits per heavy atom. The maximum atomic E-state index is 12.0. The first-order chi connectivity index (χ1) is 11.3. The van der Waals surface area contributed by atoms with Crippen LogP contribution in [0, 0.1) is 10.1 Å². The fourth-order valence-electron chi connectivity index (χ4n) is 2.59. The van der Waals surface area contributed by atoms with E-state index in [1.54, 1.807) is 4.90 Å². The Labute approximate surface area is 140 Å². The van der Waals surface area contributed by atoms with Crippen molar-refractivity contribution >= 4 is 27.3 Å². The molecule has 0 aliphatic carbocycles. The van der Waals surface area contributed by atoms with Gasteiger partial charge in [0.2, 0.25) is 15.9 Å². The average molecular weight is 356 g/mol. The van der Waals surface area contributed by atoms with Crippen molar-refractivity contribution in [1.29, 1.82) is 0 Å². The lowest BCUT2D eigenvalue weighted by Crippen LogP contribution is -2.36. The van der Waals surface area contributed by atoms with Crippen LogP contribution in [0.4, 0.5) is 11.4 Å². The summed E-state index contributed by atoms with van der Waals surface area (Å²) in [4.78, 5) is 23.9. The molecule has 1 saturated heterocycles. The van der Waals surface area contributed by atoms with E-state index in [4.69, 9.17) is 5.14 Å². The zero-order valence-electron chi connectivity index (χ0n) is 13.1. The molecule has 1 heterocycles. The first-order valence-corrected chi connectivity index (χ1v) is 9.16. The predicted octanol–water partition coefficient (Wildman–Crippen LogP) is 1.06. The third kappa shape index (κ3) is 4.65. The largest absolute Gasteiger partial charge is 0.379 e. The van der Waals surface area contributed by atoms with E-state index in [2.05, 4.69) is 5.32 Å². The highest BCUT2D eigenvalue weighted by molar-refractivity contribution is 7.89. The lowest BCUT2D eigenvalue weighted by molar-refractivity contribution is -0.384. The normalized spacial score (nSPS) is 15.1. The maximum absolute atomic E-state index is 12.0. The minimum atomic E-state index is -4.02. The van der Waals surface area contributed by atoms with Crippen LogP contribution in [0.15, 0.2) is 23.1 Å². The summed E-state index contributed by atoms with van der Waals surface area (Å²) in [7, 11) is -4.02. The first kappa shape index (κ1) is 18.1. The number of carbonyl (C=O) groups is 1. The molecule has 0 unspecified atom stereocenters. The fourth-order valence-corrected chi connectivity index (χ4v) is 3.13.